The van der Waals surface area contributed by atoms with E-state index in [0.29, 0.717) is 19.4 Å². The van der Waals surface area contributed by atoms with E-state index in [4.69, 9.17) is 14.2 Å². The average molecular weight is 811 g/mol. The minimum atomic E-state index is -0.546. The van der Waals surface area contributed by atoms with Crippen LogP contribution >= 0.6 is 0 Å². The third-order valence-corrected chi connectivity index (χ3v) is 10.5. The molecule has 0 aliphatic carbocycles. The zero-order valence-electron chi connectivity index (χ0n) is 38.6. The monoisotopic (exact) mass is 811 g/mol. The molecule has 0 amide bonds. The number of ether oxygens (including phenoxy) is 3. The van der Waals surface area contributed by atoms with Crippen LogP contribution in [-0.4, -0.2) is 37.9 Å². The number of unbranched alkanes of at least 4 members (excludes halogenated alkanes) is 24. The van der Waals surface area contributed by atoms with Gasteiger partial charge in [-0.2, -0.15) is 0 Å². The van der Waals surface area contributed by atoms with Crippen molar-refractivity contribution in [1.82, 2.24) is 0 Å². The lowest BCUT2D eigenvalue weighted by Crippen LogP contribution is -2.30. The van der Waals surface area contributed by atoms with Crippen LogP contribution in [0, 0.1) is 0 Å². The Morgan fingerprint density at radius 1 is 0.397 bits per heavy atom. The molecule has 5 heteroatoms. The van der Waals surface area contributed by atoms with Crippen LogP contribution in [0.3, 0.4) is 0 Å². The molecule has 0 aliphatic rings. The number of hydrogen-bond acceptors (Lipinski definition) is 5. The lowest BCUT2D eigenvalue weighted by atomic mass is 10.1. The van der Waals surface area contributed by atoms with Crippen LogP contribution in [0.25, 0.3) is 0 Å². The molecular weight excluding hydrogens is 717 g/mol. The summed E-state index contributed by atoms with van der Waals surface area (Å²) in [4.78, 5) is 25.3. The fourth-order valence-electron chi connectivity index (χ4n) is 6.79. The number of carbonyl (C=O) groups excluding carboxylic acids is 2. The number of rotatable bonds is 45. The van der Waals surface area contributed by atoms with Crippen LogP contribution in [0.5, 0.6) is 0 Å². The normalized spacial score (nSPS) is 12.7. The Kier molecular flexibility index (Phi) is 46.9. The Labute approximate surface area is 360 Å². The first kappa shape index (κ1) is 55.6. The maximum absolute atomic E-state index is 12.8. The van der Waals surface area contributed by atoms with Crippen LogP contribution in [0.15, 0.2) is 60.8 Å². The highest BCUT2D eigenvalue weighted by Crippen LogP contribution is 2.14. The van der Waals surface area contributed by atoms with E-state index in [-0.39, 0.29) is 25.2 Å². The fraction of sp³-hybridized carbons (Fsp3) is 0.774. The molecule has 0 saturated heterocycles. The van der Waals surface area contributed by atoms with Crippen LogP contribution in [0.4, 0.5) is 0 Å². The maximum atomic E-state index is 12.8. The topological polar surface area (TPSA) is 61.8 Å². The zero-order valence-corrected chi connectivity index (χ0v) is 38.6. The van der Waals surface area contributed by atoms with Gasteiger partial charge in [-0.15, -0.1) is 0 Å². The molecule has 336 valence electrons. The van der Waals surface area contributed by atoms with Crippen LogP contribution < -0.4 is 0 Å². The molecule has 0 heterocycles. The van der Waals surface area contributed by atoms with E-state index >= 15 is 0 Å². The first-order valence-corrected chi connectivity index (χ1v) is 24.8. The summed E-state index contributed by atoms with van der Waals surface area (Å²) >= 11 is 0. The highest BCUT2D eigenvalue weighted by Gasteiger charge is 2.17. The van der Waals surface area contributed by atoms with Gasteiger partial charge in [0.05, 0.1) is 6.61 Å². The van der Waals surface area contributed by atoms with Gasteiger partial charge < -0.3 is 14.2 Å². The summed E-state index contributed by atoms with van der Waals surface area (Å²) in [6, 6.07) is 0. The second-order valence-electron chi connectivity index (χ2n) is 16.3. The third-order valence-electron chi connectivity index (χ3n) is 10.5. The first-order valence-electron chi connectivity index (χ1n) is 24.8. The van der Waals surface area contributed by atoms with Gasteiger partial charge in [-0.1, -0.05) is 191 Å². The van der Waals surface area contributed by atoms with Crippen molar-refractivity contribution in [3.8, 4) is 0 Å². The quantitative estimate of drug-likeness (QED) is 0.0348. The standard InChI is InChI=1S/C53H94O5/c1-4-7-10-13-16-19-22-25-26-27-28-30-31-34-37-40-43-46-52(54)57-50-51(49-56-48-45-42-39-36-33-24-21-18-15-12-9-6-3)58-53(55)47-44-41-38-35-32-29-23-20-17-14-11-8-5-2/h7,10,15-16,18-20,23,25-26,51H,4-6,8-9,11-14,17,21-22,24,27-50H2,1-3H3/b10-7-,18-15-,19-16-,23-20-,26-25-. The van der Waals surface area contributed by atoms with E-state index in [1.807, 2.05) is 0 Å². The number of hydrogen-bond donors (Lipinski definition) is 0. The molecule has 0 fully saturated rings. The van der Waals surface area contributed by atoms with Crippen molar-refractivity contribution in [2.24, 2.45) is 0 Å². The van der Waals surface area contributed by atoms with Gasteiger partial charge in [-0.05, 0) is 96.3 Å². The molecule has 0 aliphatic heterocycles. The smallest absolute Gasteiger partial charge is 0.306 e. The van der Waals surface area contributed by atoms with Gasteiger partial charge in [0, 0.05) is 19.4 Å². The molecule has 0 spiro atoms. The van der Waals surface area contributed by atoms with Gasteiger partial charge in [0.1, 0.15) is 6.61 Å². The molecule has 0 aromatic carbocycles. The molecule has 58 heavy (non-hydrogen) atoms. The molecule has 1 atom stereocenters. The molecule has 0 rings (SSSR count). The van der Waals surface area contributed by atoms with Crippen molar-refractivity contribution in [1.29, 1.82) is 0 Å². The van der Waals surface area contributed by atoms with Crippen LogP contribution in [-0.2, 0) is 23.8 Å². The number of allylic oxidation sites excluding steroid dienone is 10. The SMILES string of the molecule is CC/C=C\C/C=C\C/C=C\CCCCCCCCCC(=O)OCC(COCCCCCCCC/C=C\CCCC)OC(=O)CCCCCCC/C=C\CCCCCC. The Balaban J connectivity index is 4.27. The summed E-state index contributed by atoms with van der Waals surface area (Å²) < 4.78 is 17.3. The van der Waals surface area contributed by atoms with E-state index < -0.39 is 6.10 Å². The van der Waals surface area contributed by atoms with Crippen molar-refractivity contribution >= 4 is 11.9 Å². The second kappa shape index (κ2) is 49.0. The van der Waals surface area contributed by atoms with Crippen molar-refractivity contribution < 1.29 is 23.8 Å². The van der Waals surface area contributed by atoms with Gasteiger partial charge in [-0.25, -0.2) is 0 Å². The second-order valence-corrected chi connectivity index (χ2v) is 16.3. The molecule has 5 nitrogen and oxygen atoms in total. The van der Waals surface area contributed by atoms with Crippen molar-refractivity contribution in [2.75, 3.05) is 19.8 Å². The minimum Gasteiger partial charge on any atom is -0.462 e. The number of carbonyl (C=O) groups is 2. The van der Waals surface area contributed by atoms with Crippen molar-refractivity contribution in [3.05, 3.63) is 60.8 Å². The molecule has 0 N–H and O–H groups in total. The Hall–Kier alpha value is -2.40. The van der Waals surface area contributed by atoms with E-state index in [9.17, 15) is 9.59 Å². The van der Waals surface area contributed by atoms with E-state index in [1.54, 1.807) is 0 Å². The predicted octanol–water partition coefficient (Wildman–Crippen LogP) is 16.6. The van der Waals surface area contributed by atoms with Gasteiger partial charge in [0.15, 0.2) is 6.10 Å². The fourth-order valence-corrected chi connectivity index (χ4v) is 6.79. The highest BCUT2D eigenvalue weighted by molar-refractivity contribution is 5.70. The molecular formula is C53H94O5. The molecule has 0 bridgehead atoms. The molecule has 0 aromatic heterocycles. The van der Waals surface area contributed by atoms with Crippen molar-refractivity contribution in [2.45, 2.75) is 245 Å². The zero-order chi connectivity index (χ0) is 42.1. The summed E-state index contributed by atoms with van der Waals surface area (Å²) in [7, 11) is 0. The molecule has 1 unspecified atom stereocenters. The van der Waals surface area contributed by atoms with Gasteiger partial charge in [-0.3, -0.25) is 9.59 Å². The van der Waals surface area contributed by atoms with E-state index in [0.717, 1.165) is 83.5 Å². The lowest BCUT2D eigenvalue weighted by molar-refractivity contribution is -0.163. The Bertz CT molecular complexity index is 1010. The molecule has 0 saturated carbocycles. The van der Waals surface area contributed by atoms with E-state index in [1.165, 1.54) is 122 Å². The summed E-state index contributed by atoms with van der Waals surface area (Å²) in [6.07, 6.45) is 60.8. The highest BCUT2D eigenvalue weighted by atomic mass is 16.6. The third kappa shape index (κ3) is 46.3. The molecule has 0 aromatic rings. The predicted molar refractivity (Wildman–Crippen MR) is 251 cm³/mol. The van der Waals surface area contributed by atoms with E-state index in [2.05, 4.69) is 81.5 Å². The summed E-state index contributed by atoms with van der Waals surface area (Å²) in [5.74, 6) is -0.419. The minimum absolute atomic E-state index is 0.0740. The summed E-state index contributed by atoms with van der Waals surface area (Å²) in [5, 5.41) is 0. The molecule has 0 radical (unpaired) electrons. The summed E-state index contributed by atoms with van der Waals surface area (Å²) in [5.41, 5.74) is 0. The average Bonchev–Trinajstić information content (AvgIpc) is 3.22. The maximum Gasteiger partial charge on any atom is 0.306 e. The van der Waals surface area contributed by atoms with Gasteiger partial charge in [0.2, 0.25) is 0 Å². The Morgan fingerprint density at radius 3 is 1.31 bits per heavy atom. The van der Waals surface area contributed by atoms with Gasteiger partial charge >= 0.3 is 11.9 Å². The number of esters is 2. The largest absolute Gasteiger partial charge is 0.462 e. The van der Waals surface area contributed by atoms with Gasteiger partial charge in [0.25, 0.3) is 0 Å². The van der Waals surface area contributed by atoms with Crippen LogP contribution in [0.1, 0.15) is 239 Å². The lowest BCUT2D eigenvalue weighted by Gasteiger charge is -2.18. The van der Waals surface area contributed by atoms with Crippen LogP contribution in [0.2, 0.25) is 0 Å². The van der Waals surface area contributed by atoms with Crippen molar-refractivity contribution in [3.63, 3.8) is 0 Å². The first-order chi connectivity index (χ1) is 28.6. The summed E-state index contributed by atoms with van der Waals surface area (Å²) in [6.45, 7) is 7.65. The Morgan fingerprint density at radius 2 is 0.793 bits per heavy atom.